The summed E-state index contributed by atoms with van der Waals surface area (Å²) in [7, 11) is 0. The van der Waals surface area contributed by atoms with Gasteiger partial charge in [0.2, 0.25) is 5.91 Å². The number of halogens is 1. The van der Waals surface area contributed by atoms with Crippen LogP contribution in [-0.2, 0) is 11.3 Å². The van der Waals surface area contributed by atoms with Gasteiger partial charge in [-0.1, -0.05) is 11.6 Å². The van der Waals surface area contributed by atoms with E-state index in [0.717, 1.165) is 22.9 Å². The number of hydrogen-bond donors (Lipinski definition) is 1. The number of rotatable bonds is 3. The van der Waals surface area contributed by atoms with E-state index in [9.17, 15) is 4.79 Å². The maximum atomic E-state index is 12.2. The Labute approximate surface area is 144 Å². The van der Waals surface area contributed by atoms with Crippen LogP contribution in [-0.4, -0.2) is 25.2 Å². The fraction of sp³-hybridized carbons (Fsp3) is 0.235. The molecule has 1 aliphatic rings. The van der Waals surface area contributed by atoms with Crippen LogP contribution in [0.3, 0.4) is 0 Å². The fourth-order valence-electron chi connectivity index (χ4n) is 3.17. The molecule has 1 aliphatic heterocycles. The molecular formula is C17H16ClN5O. The van der Waals surface area contributed by atoms with Crippen LogP contribution >= 0.6 is 11.6 Å². The number of pyridine rings is 1. The molecule has 122 valence electrons. The van der Waals surface area contributed by atoms with Crippen LogP contribution in [0.25, 0.3) is 5.82 Å². The van der Waals surface area contributed by atoms with Crippen LogP contribution in [0.1, 0.15) is 30.5 Å². The van der Waals surface area contributed by atoms with Gasteiger partial charge < -0.3 is 9.88 Å². The summed E-state index contributed by atoms with van der Waals surface area (Å²) in [6.45, 7) is 2.71. The molecule has 1 N–H and O–H groups in total. The minimum atomic E-state index is -0.0541. The molecule has 0 aliphatic carbocycles. The molecule has 0 spiro atoms. The zero-order valence-electron chi connectivity index (χ0n) is 13.1. The monoisotopic (exact) mass is 341 g/mol. The molecular weight excluding hydrogens is 326 g/mol. The van der Waals surface area contributed by atoms with Gasteiger partial charge in [-0.05, 0) is 31.2 Å². The second-order valence-corrected chi connectivity index (χ2v) is 6.14. The number of fused-ring (bicyclic) bond motifs is 1. The van der Waals surface area contributed by atoms with Gasteiger partial charge in [-0.15, -0.1) is 0 Å². The molecule has 7 heteroatoms. The zero-order chi connectivity index (χ0) is 16.7. The Morgan fingerprint density at radius 3 is 2.96 bits per heavy atom. The molecule has 0 saturated carbocycles. The van der Waals surface area contributed by atoms with E-state index in [1.807, 2.05) is 52.8 Å². The highest BCUT2D eigenvalue weighted by Crippen LogP contribution is 2.37. The number of hydrogen-bond acceptors (Lipinski definition) is 3. The number of anilines is 1. The van der Waals surface area contributed by atoms with E-state index in [1.54, 1.807) is 6.20 Å². The highest BCUT2D eigenvalue weighted by Gasteiger charge is 2.31. The van der Waals surface area contributed by atoms with Crippen molar-refractivity contribution < 1.29 is 4.79 Å². The van der Waals surface area contributed by atoms with E-state index in [2.05, 4.69) is 15.4 Å². The fourth-order valence-corrected chi connectivity index (χ4v) is 3.28. The average molecular weight is 342 g/mol. The Bertz CT molecular complexity index is 896. The molecule has 1 unspecified atom stereocenters. The smallest absolute Gasteiger partial charge is 0.226 e. The normalized spacial score (nSPS) is 16.8. The van der Waals surface area contributed by atoms with E-state index in [0.29, 0.717) is 18.0 Å². The summed E-state index contributed by atoms with van der Waals surface area (Å²) in [5, 5.41) is 7.92. The van der Waals surface area contributed by atoms with E-state index in [-0.39, 0.29) is 11.8 Å². The quantitative estimate of drug-likeness (QED) is 0.795. The Morgan fingerprint density at radius 2 is 2.21 bits per heavy atom. The van der Waals surface area contributed by atoms with Crippen LogP contribution in [0.2, 0.25) is 5.02 Å². The van der Waals surface area contributed by atoms with Crippen molar-refractivity contribution in [3.05, 3.63) is 59.1 Å². The summed E-state index contributed by atoms with van der Waals surface area (Å²) in [6, 6.07) is 7.65. The summed E-state index contributed by atoms with van der Waals surface area (Å²) in [4.78, 5) is 16.6. The molecule has 3 aromatic heterocycles. The van der Waals surface area contributed by atoms with Gasteiger partial charge in [-0.25, -0.2) is 9.67 Å². The highest BCUT2D eigenvalue weighted by molar-refractivity contribution is 6.30. The first-order valence-corrected chi connectivity index (χ1v) is 8.20. The Morgan fingerprint density at radius 1 is 1.33 bits per heavy atom. The van der Waals surface area contributed by atoms with E-state index < -0.39 is 0 Å². The first-order valence-electron chi connectivity index (χ1n) is 7.82. The van der Waals surface area contributed by atoms with Crippen LogP contribution < -0.4 is 5.32 Å². The van der Waals surface area contributed by atoms with Crippen molar-refractivity contribution in [2.75, 3.05) is 5.32 Å². The van der Waals surface area contributed by atoms with E-state index >= 15 is 0 Å². The average Bonchev–Trinajstić information content (AvgIpc) is 3.21. The molecule has 1 amide bonds. The third-order valence-electron chi connectivity index (χ3n) is 4.29. The Hall–Kier alpha value is -2.60. The van der Waals surface area contributed by atoms with Gasteiger partial charge >= 0.3 is 0 Å². The van der Waals surface area contributed by atoms with Gasteiger partial charge in [-0.3, -0.25) is 4.79 Å². The summed E-state index contributed by atoms with van der Waals surface area (Å²) >= 11 is 5.93. The van der Waals surface area contributed by atoms with Gasteiger partial charge in [0, 0.05) is 42.5 Å². The van der Waals surface area contributed by atoms with E-state index in [1.165, 1.54) is 0 Å². The number of carbonyl (C=O) groups is 1. The lowest BCUT2D eigenvalue weighted by Crippen LogP contribution is -2.25. The largest absolute Gasteiger partial charge is 0.311 e. The van der Waals surface area contributed by atoms with Crippen molar-refractivity contribution >= 4 is 23.3 Å². The number of aromatic nitrogens is 4. The minimum Gasteiger partial charge on any atom is -0.311 e. The van der Waals surface area contributed by atoms with Gasteiger partial charge in [0.05, 0.1) is 11.2 Å². The number of nitrogens with zero attached hydrogens (tertiary/aromatic N) is 4. The second-order valence-electron chi connectivity index (χ2n) is 5.71. The summed E-state index contributed by atoms with van der Waals surface area (Å²) in [5.41, 5.74) is 2.04. The maximum absolute atomic E-state index is 12.2. The standard InChI is InChI=1S/C17H16ClN5O/c1-2-23-17-13(10-20-23)12(8-16(24)21-17)14-4-3-7-22(14)15-6-5-11(18)9-19-15/h3-7,9-10,12H,2,8H2,1H3,(H,21,24). The topological polar surface area (TPSA) is 64.7 Å². The minimum absolute atomic E-state index is 0.000449. The molecule has 24 heavy (non-hydrogen) atoms. The molecule has 0 radical (unpaired) electrons. The second kappa shape index (κ2) is 5.79. The molecule has 0 fully saturated rings. The van der Waals surface area contributed by atoms with Crippen molar-refractivity contribution in [1.82, 2.24) is 19.3 Å². The molecule has 0 aromatic carbocycles. The van der Waals surface area contributed by atoms with Crippen LogP contribution in [0, 0.1) is 0 Å². The van der Waals surface area contributed by atoms with Crippen LogP contribution in [0.5, 0.6) is 0 Å². The number of amides is 1. The van der Waals surface area contributed by atoms with Gasteiger partial charge in [0.1, 0.15) is 11.6 Å². The highest BCUT2D eigenvalue weighted by atomic mass is 35.5. The van der Waals surface area contributed by atoms with Gasteiger partial charge in [-0.2, -0.15) is 5.10 Å². The SMILES string of the molecule is CCn1ncc2c1NC(=O)CC2c1cccn1-c1ccc(Cl)cn1. The Kier molecular flexibility index (Phi) is 3.61. The zero-order valence-corrected chi connectivity index (χ0v) is 13.9. The lowest BCUT2D eigenvalue weighted by atomic mass is 9.91. The van der Waals surface area contributed by atoms with Crippen molar-refractivity contribution in [3.8, 4) is 5.82 Å². The summed E-state index contributed by atoms with van der Waals surface area (Å²) < 4.78 is 3.81. The van der Waals surface area contributed by atoms with Crippen molar-refractivity contribution in [1.29, 1.82) is 0 Å². The van der Waals surface area contributed by atoms with Crippen LogP contribution in [0.15, 0.2) is 42.9 Å². The molecule has 0 bridgehead atoms. The molecule has 6 nitrogen and oxygen atoms in total. The first kappa shape index (κ1) is 15.0. The molecule has 0 saturated heterocycles. The van der Waals surface area contributed by atoms with Crippen molar-refractivity contribution in [2.24, 2.45) is 0 Å². The molecule has 4 heterocycles. The lowest BCUT2D eigenvalue weighted by Gasteiger charge is -2.24. The van der Waals surface area contributed by atoms with E-state index in [4.69, 9.17) is 11.6 Å². The first-order chi connectivity index (χ1) is 11.7. The molecule has 3 aromatic rings. The number of aryl methyl sites for hydroxylation is 1. The summed E-state index contributed by atoms with van der Waals surface area (Å²) in [6.07, 6.45) is 5.80. The van der Waals surface area contributed by atoms with Gasteiger partial charge in [0.15, 0.2) is 0 Å². The van der Waals surface area contributed by atoms with Crippen molar-refractivity contribution in [3.63, 3.8) is 0 Å². The maximum Gasteiger partial charge on any atom is 0.226 e. The third-order valence-corrected chi connectivity index (χ3v) is 4.51. The van der Waals surface area contributed by atoms with Crippen LogP contribution in [0.4, 0.5) is 5.82 Å². The molecule has 1 atom stereocenters. The third kappa shape index (κ3) is 2.39. The van der Waals surface area contributed by atoms with Gasteiger partial charge in [0.25, 0.3) is 0 Å². The lowest BCUT2D eigenvalue weighted by molar-refractivity contribution is -0.116. The summed E-state index contributed by atoms with van der Waals surface area (Å²) in [5.74, 6) is 1.51. The number of nitrogens with one attached hydrogen (secondary N) is 1. The Balaban J connectivity index is 1.81. The molecule has 4 rings (SSSR count). The van der Waals surface area contributed by atoms with Crippen molar-refractivity contribution in [2.45, 2.75) is 25.8 Å². The number of carbonyl (C=O) groups excluding carboxylic acids is 1. The predicted molar refractivity (Wildman–Crippen MR) is 91.6 cm³/mol. The predicted octanol–water partition coefficient (Wildman–Crippen LogP) is 3.22.